The maximum Gasteiger partial charge on any atom is 0.341 e. The highest BCUT2D eigenvalue weighted by atomic mass is 16.7. The van der Waals surface area contributed by atoms with Crippen molar-refractivity contribution in [3.8, 4) is 17.2 Å². The van der Waals surface area contributed by atoms with Gasteiger partial charge < -0.3 is 29.2 Å². The Balaban J connectivity index is 2.09. The van der Waals surface area contributed by atoms with Gasteiger partial charge in [0.2, 0.25) is 0 Å². The molecule has 1 heterocycles. The molecule has 0 bridgehead atoms. The first kappa shape index (κ1) is 19.6. The van der Waals surface area contributed by atoms with E-state index < -0.39 is 5.97 Å². The topological polar surface area (TPSA) is 84.9 Å². The van der Waals surface area contributed by atoms with Crippen LogP contribution < -0.4 is 15.2 Å². The molecule has 0 fully saturated rings. The van der Waals surface area contributed by atoms with Crippen molar-refractivity contribution in [2.75, 3.05) is 32.9 Å². The number of nitrogen functional groups attached to an aromatic ring is 1. The number of hydrogen-bond donors (Lipinski definition) is 1. The lowest BCUT2D eigenvalue weighted by molar-refractivity contribution is 0.0438. The molecule has 0 radical (unpaired) electrons. The van der Waals surface area contributed by atoms with Gasteiger partial charge in [0.15, 0.2) is 6.79 Å². The number of benzene rings is 2. The Morgan fingerprint density at radius 3 is 2.61 bits per heavy atom. The van der Waals surface area contributed by atoms with Crippen molar-refractivity contribution in [1.29, 1.82) is 0 Å². The summed E-state index contributed by atoms with van der Waals surface area (Å²) in [6, 6.07) is 11.0. The summed E-state index contributed by atoms with van der Waals surface area (Å²) < 4.78 is 23.2. The Kier molecular flexibility index (Phi) is 6.06. The minimum atomic E-state index is -0.448. The lowest BCUT2D eigenvalue weighted by atomic mass is 10.1. The van der Waals surface area contributed by atoms with Crippen molar-refractivity contribution in [3.63, 3.8) is 0 Å². The average Bonchev–Trinajstić information content (AvgIpc) is 3.02. The quantitative estimate of drug-likeness (QED) is 0.470. The first-order valence-electron chi connectivity index (χ1n) is 9.05. The van der Waals surface area contributed by atoms with Crippen LogP contribution in [0.5, 0.6) is 11.5 Å². The Hall–Kier alpha value is -3.19. The Morgan fingerprint density at radius 1 is 1.07 bits per heavy atom. The Bertz CT molecular complexity index is 980. The molecule has 28 heavy (non-hydrogen) atoms. The van der Waals surface area contributed by atoms with Gasteiger partial charge in [0.1, 0.15) is 17.1 Å². The summed E-state index contributed by atoms with van der Waals surface area (Å²) in [5, 5.41) is 0.914. The molecule has 0 amide bonds. The number of ether oxygens (including phenoxy) is 4. The van der Waals surface area contributed by atoms with Crippen LogP contribution in [0.15, 0.2) is 42.6 Å². The molecule has 0 aliphatic carbocycles. The Morgan fingerprint density at radius 2 is 1.89 bits per heavy atom. The third kappa shape index (κ3) is 3.89. The molecule has 1 aromatic heterocycles. The van der Waals surface area contributed by atoms with E-state index in [1.165, 1.54) is 7.11 Å². The van der Waals surface area contributed by atoms with Gasteiger partial charge in [-0.3, -0.25) is 0 Å². The summed E-state index contributed by atoms with van der Waals surface area (Å²) in [6.45, 7) is 4.56. The van der Waals surface area contributed by atoms with Crippen LogP contribution in [0.2, 0.25) is 0 Å². The van der Waals surface area contributed by atoms with Crippen LogP contribution in [-0.2, 0) is 9.47 Å². The van der Waals surface area contributed by atoms with E-state index in [2.05, 4.69) is 0 Å². The van der Waals surface area contributed by atoms with Crippen LogP contribution in [0.1, 0.15) is 24.2 Å². The van der Waals surface area contributed by atoms with E-state index in [0.717, 1.165) is 22.3 Å². The predicted octanol–water partition coefficient (Wildman–Crippen LogP) is 3.77. The fraction of sp³-hybridized carbons (Fsp3) is 0.286. The molecular formula is C21H24N2O5. The third-order valence-corrected chi connectivity index (χ3v) is 4.19. The summed E-state index contributed by atoms with van der Waals surface area (Å²) >= 11 is 0. The minimum absolute atomic E-state index is 0.0128. The number of methoxy groups -OCH3 is 1. The molecule has 0 saturated heterocycles. The smallest absolute Gasteiger partial charge is 0.341 e. The monoisotopic (exact) mass is 384 g/mol. The molecule has 0 spiro atoms. The van der Waals surface area contributed by atoms with Gasteiger partial charge in [-0.25, -0.2) is 4.79 Å². The van der Waals surface area contributed by atoms with E-state index in [9.17, 15) is 4.79 Å². The number of nitrogens with two attached hydrogens (primary N) is 1. The van der Waals surface area contributed by atoms with Gasteiger partial charge in [-0.1, -0.05) is 0 Å². The summed E-state index contributed by atoms with van der Waals surface area (Å²) in [5.74, 6) is 0.684. The van der Waals surface area contributed by atoms with Gasteiger partial charge in [-0.2, -0.15) is 0 Å². The minimum Gasteiger partial charge on any atom is -0.494 e. The SMILES string of the molecule is CCOC(=O)c1ccc(-n2cc(N)c3ccc(OCC)cc32)cc1OCOC. The molecule has 7 nitrogen and oxygen atoms in total. The van der Waals surface area contributed by atoms with Gasteiger partial charge in [-0.05, 0) is 38.1 Å². The molecule has 7 heteroatoms. The molecule has 0 aliphatic rings. The van der Waals surface area contributed by atoms with E-state index in [4.69, 9.17) is 24.7 Å². The first-order chi connectivity index (χ1) is 13.6. The second-order valence-electron chi connectivity index (χ2n) is 6.02. The summed E-state index contributed by atoms with van der Waals surface area (Å²) in [7, 11) is 1.52. The number of carbonyl (C=O) groups is 1. The second kappa shape index (κ2) is 8.67. The van der Waals surface area contributed by atoms with Crippen molar-refractivity contribution in [2.24, 2.45) is 0 Å². The van der Waals surface area contributed by atoms with E-state index in [0.29, 0.717) is 23.6 Å². The van der Waals surface area contributed by atoms with Crippen molar-refractivity contribution in [2.45, 2.75) is 13.8 Å². The highest BCUT2D eigenvalue weighted by molar-refractivity contribution is 5.95. The molecule has 0 atom stereocenters. The summed E-state index contributed by atoms with van der Waals surface area (Å²) in [5.41, 5.74) is 8.85. The van der Waals surface area contributed by atoms with Gasteiger partial charge >= 0.3 is 5.97 Å². The molecule has 0 aliphatic heterocycles. The van der Waals surface area contributed by atoms with E-state index in [1.54, 1.807) is 19.1 Å². The molecule has 0 unspecified atom stereocenters. The molecule has 2 N–H and O–H groups in total. The number of hydrogen-bond acceptors (Lipinski definition) is 6. The maximum absolute atomic E-state index is 12.2. The zero-order valence-electron chi connectivity index (χ0n) is 16.2. The maximum atomic E-state index is 12.2. The third-order valence-electron chi connectivity index (χ3n) is 4.19. The molecule has 3 rings (SSSR count). The lowest BCUT2D eigenvalue weighted by Crippen LogP contribution is -2.10. The number of anilines is 1. The zero-order chi connectivity index (χ0) is 20.1. The summed E-state index contributed by atoms with van der Waals surface area (Å²) in [6.07, 6.45) is 1.83. The molecule has 2 aromatic carbocycles. The van der Waals surface area contributed by atoms with Crippen molar-refractivity contribution in [3.05, 3.63) is 48.2 Å². The van der Waals surface area contributed by atoms with E-state index in [1.807, 2.05) is 42.0 Å². The normalized spacial score (nSPS) is 10.8. The summed E-state index contributed by atoms with van der Waals surface area (Å²) in [4.78, 5) is 12.2. The fourth-order valence-corrected chi connectivity index (χ4v) is 2.98. The van der Waals surface area contributed by atoms with Gasteiger partial charge in [0.05, 0.1) is 24.4 Å². The molecule has 3 aromatic rings. The van der Waals surface area contributed by atoms with Crippen molar-refractivity contribution >= 4 is 22.6 Å². The second-order valence-corrected chi connectivity index (χ2v) is 6.02. The van der Waals surface area contributed by atoms with Crippen molar-refractivity contribution in [1.82, 2.24) is 4.57 Å². The van der Waals surface area contributed by atoms with Crippen LogP contribution >= 0.6 is 0 Å². The van der Waals surface area contributed by atoms with Gasteiger partial charge in [0, 0.05) is 36.5 Å². The largest absolute Gasteiger partial charge is 0.494 e. The number of esters is 1. The van der Waals surface area contributed by atoms with E-state index in [-0.39, 0.29) is 13.4 Å². The first-order valence-corrected chi connectivity index (χ1v) is 9.05. The van der Waals surface area contributed by atoms with Crippen LogP contribution in [0, 0.1) is 0 Å². The van der Waals surface area contributed by atoms with Crippen molar-refractivity contribution < 1.29 is 23.7 Å². The molecular weight excluding hydrogens is 360 g/mol. The lowest BCUT2D eigenvalue weighted by Gasteiger charge is -2.13. The zero-order valence-corrected chi connectivity index (χ0v) is 16.2. The van der Waals surface area contributed by atoms with Gasteiger partial charge in [-0.15, -0.1) is 0 Å². The molecule has 148 valence electrons. The standard InChI is InChI=1S/C21H24N2O5/c1-4-26-15-7-9-16-18(22)12-23(19(16)11-15)14-6-8-17(21(24)27-5-2)20(10-14)28-13-25-3/h6-12H,4-5,13,22H2,1-3H3. The number of aromatic nitrogens is 1. The molecule has 0 saturated carbocycles. The number of carbonyl (C=O) groups excluding carboxylic acids is 1. The highest BCUT2D eigenvalue weighted by Crippen LogP contribution is 2.32. The van der Waals surface area contributed by atoms with Crippen LogP contribution in [0.4, 0.5) is 5.69 Å². The van der Waals surface area contributed by atoms with Gasteiger partial charge in [0.25, 0.3) is 0 Å². The highest BCUT2D eigenvalue weighted by Gasteiger charge is 2.17. The van der Waals surface area contributed by atoms with Crippen LogP contribution in [0.25, 0.3) is 16.6 Å². The van der Waals surface area contributed by atoms with Crippen LogP contribution in [-0.4, -0.2) is 37.7 Å². The Labute approximate surface area is 163 Å². The fourth-order valence-electron chi connectivity index (χ4n) is 2.98. The number of nitrogens with zero attached hydrogens (tertiary/aromatic N) is 1. The predicted molar refractivity (Wildman–Crippen MR) is 107 cm³/mol. The van der Waals surface area contributed by atoms with E-state index >= 15 is 0 Å². The van der Waals surface area contributed by atoms with Crippen LogP contribution in [0.3, 0.4) is 0 Å². The number of rotatable bonds is 8. The number of fused-ring (bicyclic) bond motifs is 1. The average molecular weight is 384 g/mol.